The van der Waals surface area contributed by atoms with Gasteiger partial charge in [0.05, 0.1) is 0 Å². The van der Waals surface area contributed by atoms with Gasteiger partial charge in [-0.15, -0.1) is 0 Å². The largest absolute Gasteiger partial charge is 0.457 e. The summed E-state index contributed by atoms with van der Waals surface area (Å²) < 4.78 is 11.2. The van der Waals surface area contributed by atoms with E-state index in [-0.39, 0.29) is 54.0 Å². The lowest BCUT2D eigenvalue weighted by atomic mass is 9.46. The van der Waals surface area contributed by atoms with Gasteiger partial charge in [-0.05, 0) is 61.9 Å². The second-order valence-corrected chi connectivity index (χ2v) is 11.4. The molecule has 0 saturated heterocycles. The summed E-state index contributed by atoms with van der Waals surface area (Å²) >= 11 is 0. The molecule has 0 aromatic heterocycles. The number of esters is 2. The van der Waals surface area contributed by atoms with Gasteiger partial charge < -0.3 is 9.47 Å². The molecule has 0 aromatic carbocycles. The molecule has 3 saturated carbocycles. The summed E-state index contributed by atoms with van der Waals surface area (Å²) in [6, 6.07) is 0. The fourth-order valence-corrected chi connectivity index (χ4v) is 7.87. The summed E-state index contributed by atoms with van der Waals surface area (Å²) in [5, 5.41) is 0. The number of carbonyl (C=O) groups is 5. The van der Waals surface area contributed by atoms with Crippen LogP contribution in [0.25, 0.3) is 0 Å². The van der Waals surface area contributed by atoms with Crippen molar-refractivity contribution < 1.29 is 33.4 Å². The highest BCUT2D eigenvalue weighted by Crippen LogP contribution is 2.67. The van der Waals surface area contributed by atoms with Crippen LogP contribution in [0.2, 0.25) is 0 Å². The first-order chi connectivity index (χ1) is 16.5. The Morgan fingerprint density at radius 1 is 1.03 bits per heavy atom. The van der Waals surface area contributed by atoms with Gasteiger partial charge in [-0.25, -0.2) is 0 Å². The zero-order valence-corrected chi connectivity index (χ0v) is 21.4. The number of Topliss-reactive ketones (excluding diaryl/α,β-unsaturated/α-hetero) is 2. The molecule has 0 heterocycles. The molecule has 7 heteroatoms. The first kappa shape index (κ1) is 25.8. The molecule has 0 spiro atoms. The topological polar surface area (TPSA) is 104 Å². The van der Waals surface area contributed by atoms with Crippen LogP contribution in [0.3, 0.4) is 0 Å². The molecular weight excluding hydrogens is 448 g/mol. The third-order valence-corrected chi connectivity index (χ3v) is 9.62. The molecule has 7 nitrogen and oxygen atoms in total. The summed E-state index contributed by atoms with van der Waals surface area (Å²) in [4.78, 5) is 64.2. The van der Waals surface area contributed by atoms with E-state index >= 15 is 0 Å². The molecule has 4 aliphatic carbocycles. The Kier molecular flexibility index (Phi) is 6.84. The van der Waals surface area contributed by atoms with Crippen molar-refractivity contribution in [3.63, 3.8) is 0 Å². The highest BCUT2D eigenvalue weighted by atomic mass is 16.6. The number of allylic oxidation sites excluding steroid dienone is 1. The van der Waals surface area contributed by atoms with Crippen molar-refractivity contribution in [3.05, 3.63) is 11.6 Å². The minimum atomic E-state index is -1.47. The van der Waals surface area contributed by atoms with Gasteiger partial charge in [-0.3, -0.25) is 24.0 Å². The average molecular weight is 487 g/mol. The Labute approximate surface area is 207 Å². The van der Waals surface area contributed by atoms with Crippen molar-refractivity contribution in [2.75, 3.05) is 6.61 Å². The van der Waals surface area contributed by atoms with Crippen LogP contribution in [0, 0.1) is 28.6 Å². The monoisotopic (exact) mass is 486 g/mol. The summed E-state index contributed by atoms with van der Waals surface area (Å²) in [6.07, 6.45) is 6.52. The molecule has 6 atom stereocenters. The maximum absolute atomic E-state index is 13.9. The standard InChI is InChI=1S/C28H38O7/c1-5-7-24(33)35-28(22(31)16-34-23(32)6-2)13-11-20-19-9-8-17-14-18(29)10-12-26(17,3)25(19)21(30)15-27(20,28)4/h14,19-20,25H,5-13,15-16H2,1-4H3/t19-,20-,25+,26-,27-,28-/m0/s1. The van der Waals surface area contributed by atoms with Gasteiger partial charge in [-0.1, -0.05) is 33.3 Å². The molecule has 0 radical (unpaired) electrons. The quantitative estimate of drug-likeness (QED) is 0.494. The summed E-state index contributed by atoms with van der Waals surface area (Å²) in [5.41, 5.74) is -1.57. The van der Waals surface area contributed by atoms with Crippen LogP contribution < -0.4 is 0 Å². The Morgan fingerprint density at radius 2 is 1.77 bits per heavy atom. The van der Waals surface area contributed by atoms with Crippen molar-refractivity contribution >= 4 is 29.3 Å². The SMILES string of the molecule is CCCC(=O)O[C@]1(C(=O)COC(=O)CC)CC[C@H]2[C@@H]3CCC4=CC(=O)CC[C@]4(C)[C@H]3C(=O)C[C@@]21C. The van der Waals surface area contributed by atoms with Crippen molar-refractivity contribution in [1.82, 2.24) is 0 Å². The maximum atomic E-state index is 13.9. The molecule has 4 aliphatic rings. The average Bonchev–Trinajstić information content (AvgIpc) is 3.09. The van der Waals surface area contributed by atoms with Crippen molar-refractivity contribution in [1.29, 1.82) is 0 Å². The van der Waals surface area contributed by atoms with Crippen LogP contribution in [0.5, 0.6) is 0 Å². The van der Waals surface area contributed by atoms with E-state index in [1.807, 2.05) is 13.8 Å². The van der Waals surface area contributed by atoms with Gasteiger partial charge in [0.1, 0.15) is 5.78 Å². The smallest absolute Gasteiger partial charge is 0.306 e. The van der Waals surface area contributed by atoms with Crippen LogP contribution in [-0.2, 0) is 33.4 Å². The van der Waals surface area contributed by atoms with Crippen LogP contribution in [-0.4, -0.2) is 41.5 Å². The van der Waals surface area contributed by atoms with Crippen molar-refractivity contribution in [2.24, 2.45) is 28.6 Å². The van der Waals surface area contributed by atoms with Crippen molar-refractivity contribution in [2.45, 2.75) is 97.5 Å². The fourth-order valence-electron chi connectivity index (χ4n) is 7.87. The normalized spacial score (nSPS) is 38.1. The van der Waals surface area contributed by atoms with E-state index in [0.717, 1.165) is 18.4 Å². The van der Waals surface area contributed by atoms with Gasteiger partial charge in [0.25, 0.3) is 0 Å². The Morgan fingerprint density at radius 3 is 2.46 bits per heavy atom. The second kappa shape index (κ2) is 9.29. The van der Waals surface area contributed by atoms with E-state index in [2.05, 4.69) is 6.92 Å². The molecular formula is C28H38O7. The summed E-state index contributed by atoms with van der Waals surface area (Å²) in [7, 11) is 0. The van der Waals surface area contributed by atoms with E-state index in [1.165, 1.54) is 0 Å². The van der Waals surface area contributed by atoms with Crippen LogP contribution in [0.1, 0.15) is 91.9 Å². The molecule has 0 aromatic rings. The summed E-state index contributed by atoms with van der Waals surface area (Å²) in [5.74, 6) is -1.23. The molecule has 0 bridgehead atoms. The Hall–Kier alpha value is -2.31. The molecule has 0 amide bonds. The number of hydrogen-bond acceptors (Lipinski definition) is 7. The number of ether oxygens (including phenoxy) is 2. The molecule has 4 rings (SSSR count). The molecule has 192 valence electrons. The van der Waals surface area contributed by atoms with E-state index in [4.69, 9.17) is 9.47 Å². The highest BCUT2D eigenvalue weighted by Gasteiger charge is 2.70. The predicted molar refractivity (Wildman–Crippen MR) is 127 cm³/mol. The minimum absolute atomic E-state index is 0.0291. The Bertz CT molecular complexity index is 980. The molecule has 0 N–H and O–H groups in total. The lowest BCUT2D eigenvalue weighted by Crippen LogP contribution is -2.62. The Balaban J connectivity index is 1.70. The maximum Gasteiger partial charge on any atom is 0.306 e. The van der Waals surface area contributed by atoms with Gasteiger partial charge in [-0.2, -0.15) is 0 Å². The van der Waals surface area contributed by atoms with Crippen LogP contribution >= 0.6 is 0 Å². The first-order valence-electron chi connectivity index (χ1n) is 13.2. The zero-order valence-electron chi connectivity index (χ0n) is 21.4. The molecule has 35 heavy (non-hydrogen) atoms. The fraction of sp³-hybridized carbons (Fsp3) is 0.750. The third-order valence-electron chi connectivity index (χ3n) is 9.62. The van der Waals surface area contributed by atoms with Gasteiger partial charge in [0.2, 0.25) is 5.78 Å². The second-order valence-electron chi connectivity index (χ2n) is 11.4. The number of ketones is 3. The third kappa shape index (κ3) is 3.99. The van der Waals surface area contributed by atoms with E-state index < -0.39 is 35.3 Å². The van der Waals surface area contributed by atoms with Crippen LogP contribution in [0.4, 0.5) is 0 Å². The van der Waals surface area contributed by atoms with Gasteiger partial charge in [0, 0.05) is 37.0 Å². The minimum Gasteiger partial charge on any atom is -0.457 e. The first-order valence-corrected chi connectivity index (χ1v) is 13.2. The number of hydrogen-bond donors (Lipinski definition) is 0. The van der Waals surface area contributed by atoms with E-state index in [1.54, 1.807) is 13.0 Å². The highest BCUT2D eigenvalue weighted by molar-refractivity contribution is 5.96. The molecule has 3 fully saturated rings. The number of rotatable bonds is 7. The van der Waals surface area contributed by atoms with Crippen LogP contribution in [0.15, 0.2) is 11.6 Å². The van der Waals surface area contributed by atoms with Gasteiger partial charge in [0.15, 0.2) is 18.0 Å². The predicted octanol–water partition coefficient (Wildman–Crippen LogP) is 4.30. The molecule has 0 unspecified atom stereocenters. The zero-order chi connectivity index (χ0) is 25.6. The number of fused-ring (bicyclic) bond motifs is 5. The van der Waals surface area contributed by atoms with E-state index in [0.29, 0.717) is 32.1 Å². The van der Waals surface area contributed by atoms with E-state index in [9.17, 15) is 24.0 Å². The molecule has 0 aliphatic heterocycles. The lowest BCUT2D eigenvalue weighted by Gasteiger charge is -2.58. The lowest BCUT2D eigenvalue weighted by molar-refractivity contribution is -0.193. The summed E-state index contributed by atoms with van der Waals surface area (Å²) in [6.45, 7) is 7.12. The van der Waals surface area contributed by atoms with Crippen molar-refractivity contribution in [3.8, 4) is 0 Å². The van der Waals surface area contributed by atoms with Gasteiger partial charge >= 0.3 is 11.9 Å². The number of carbonyl (C=O) groups excluding carboxylic acids is 5.